The molecule has 188 valence electrons. The molecule has 0 unspecified atom stereocenters. The van der Waals surface area contributed by atoms with Crippen molar-refractivity contribution >= 4 is 29.1 Å². The van der Waals surface area contributed by atoms with E-state index < -0.39 is 17.8 Å². The molecule has 4 N–H and O–H groups in total. The molecule has 2 amide bonds. The number of anilines is 1. The highest BCUT2D eigenvalue weighted by atomic mass is 35.5. The van der Waals surface area contributed by atoms with Crippen LogP contribution in [0.1, 0.15) is 39.5 Å². The van der Waals surface area contributed by atoms with Gasteiger partial charge in [-0.15, -0.1) is 0 Å². The fraction of sp³-hybridized carbons (Fsp3) is 0.318. The smallest absolute Gasteiger partial charge is 0.349 e. The normalized spacial score (nSPS) is 17.2. The van der Waals surface area contributed by atoms with Crippen LogP contribution in [0.3, 0.4) is 0 Å². The van der Waals surface area contributed by atoms with Crippen LogP contribution in [0.2, 0.25) is 5.02 Å². The van der Waals surface area contributed by atoms with E-state index in [9.17, 15) is 22.8 Å². The molecule has 1 aliphatic carbocycles. The lowest BCUT2D eigenvalue weighted by Crippen LogP contribution is -2.50. The third-order valence-corrected chi connectivity index (χ3v) is 6.02. The molecule has 1 aliphatic rings. The summed E-state index contributed by atoms with van der Waals surface area (Å²) in [4.78, 5) is 29.2. The van der Waals surface area contributed by atoms with E-state index in [1.807, 2.05) is 0 Å². The molecule has 2 heterocycles. The maximum absolute atomic E-state index is 13.5. The molecule has 14 heteroatoms. The molecule has 0 aliphatic heterocycles. The third-order valence-electron chi connectivity index (χ3n) is 5.71. The zero-order valence-electron chi connectivity index (χ0n) is 18.8. The number of hydrogen-bond acceptors (Lipinski definition) is 6. The number of carbonyl (C=O) groups excluding carboxylic acids is 2. The topological polar surface area (TPSA) is 144 Å². The molecule has 3 aromatic rings. The van der Waals surface area contributed by atoms with Crippen molar-refractivity contribution in [1.82, 2.24) is 24.6 Å². The first-order chi connectivity index (χ1) is 17.0. The lowest BCUT2D eigenvalue weighted by atomic mass is 9.87. The first-order valence-electron chi connectivity index (χ1n) is 10.7. The van der Waals surface area contributed by atoms with Gasteiger partial charge in [-0.25, -0.2) is 4.98 Å². The van der Waals surface area contributed by atoms with Gasteiger partial charge in [0.25, 0.3) is 11.8 Å². The van der Waals surface area contributed by atoms with Gasteiger partial charge in [-0.05, 0) is 31.0 Å². The molecule has 0 atom stereocenters. The molecule has 36 heavy (non-hydrogen) atoms. The summed E-state index contributed by atoms with van der Waals surface area (Å²) in [6.45, 7) is -0.378. The number of hydrogen-bond donors (Lipinski definition) is 3. The summed E-state index contributed by atoms with van der Waals surface area (Å²) >= 11 is 6.23. The number of nitrogens with zero attached hydrogens (tertiary/aromatic N) is 5. The van der Waals surface area contributed by atoms with Crippen molar-refractivity contribution in [3.63, 3.8) is 0 Å². The lowest BCUT2D eigenvalue weighted by Gasteiger charge is -2.33. The van der Waals surface area contributed by atoms with Gasteiger partial charge in [0.05, 0.1) is 34.1 Å². The number of imidazole rings is 1. The van der Waals surface area contributed by atoms with Crippen LogP contribution in [0, 0.1) is 11.3 Å². The molecule has 2 aromatic heterocycles. The number of nitriles is 1. The van der Waals surface area contributed by atoms with Crippen molar-refractivity contribution in [2.75, 3.05) is 5.32 Å². The van der Waals surface area contributed by atoms with E-state index >= 15 is 0 Å². The van der Waals surface area contributed by atoms with Crippen LogP contribution < -0.4 is 16.4 Å². The van der Waals surface area contributed by atoms with Gasteiger partial charge in [0.1, 0.15) is 6.54 Å². The minimum Gasteiger partial charge on any atom is -0.349 e. The summed E-state index contributed by atoms with van der Waals surface area (Å²) in [6.07, 6.45) is -1.21. The summed E-state index contributed by atoms with van der Waals surface area (Å²) in [5.41, 5.74) is 4.67. The maximum Gasteiger partial charge on any atom is 0.435 e. The monoisotopic (exact) mass is 520 g/mol. The molecule has 1 fully saturated rings. The van der Waals surface area contributed by atoms with Gasteiger partial charge >= 0.3 is 6.18 Å². The number of rotatable bonds is 6. The number of nitrogens with one attached hydrogen (secondary N) is 2. The van der Waals surface area contributed by atoms with Crippen LogP contribution in [0.4, 0.5) is 18.9 Å². The van der Waals surface area contributed by atoms with E-state index in [4.69, 9.17) is 22.6 Å². The predicted molar refractivity (Wildman–Crippen MR) is 123 cm³/mol. The zero-order chi connectivity index (χ0) is 26.2. The Morgan fingerprint density at radius 2 is 2.03 bits per heavy atom. The van der Waals surface area contributed by atoms with Gasteiger partial charge in [-0.1, -0.05) is 11.6 Å². The average molecular weight is 521 g/mol. The van der Waals surface area contributed by atoms with Gasteiger partial charge in [0.2, 0.25) is 0 Å². The Morgan fingerprint density at radius 1 is 1.31 bits per heavy atom. The van der Waals surface area contributed by atoms with Gasteiger partial charge in [0, 0.05) is 31.0 Å². The van der Waals surface area contributed by atoms with Crippen molar-refractivity contribution in [3.8, 4) is 17.3 Å². The Labute approximate surface area is 207 Å². The minimum atomic E-state index is -4.78. The molecule has 1 aromatic carbocycles. The van der Waals surface area contributed by atoms with Crippen molar-refractivity contribution in [3.05, 3.63) is 52.7 Å². The van der Waals surface area contributed by atoms with Gasteiger partial charge < -0.3 is 20.9 Å². The highest BCUT2D eigenvalue weighted by molar-refractivity contribution is 6.34. The van der Waals surface area contributed by atoms with Crippen LogP contribution in [-0.2, 0) is 19.8 Å². The molecule has 1 saturated carbocycles. The highest BCUT2D eigenvalue weighted by Crippen LogP contribution is 2.36. The van der Waals surface area contributed by atoms with Gasteiger partial charge in [-0.2, -0.15) is 23.5 Å². The molecule has 0 bridgehead atoms. The minimum absolute atomic E-state index is 0.00886. The second-order valence-electron chi connectivity index (χ2n) is 8.32. The number of alkyl halides is 3. The van der Waals surface area contributed by atoms with Crippen LogP contribution >= 0.6 is 11.6 Å². The predicted octanol–water partition coefficient (Wildman–Crippen LogP) is 2.95. The number of carbonyl (C=O) groups is 2. The van der Waals surface area contributed by atoms with Crippen LogP contribution in [0.15, 0.2) is 30.6 Å². The summed E-state index contributed by atoms with van der Waals surface area (Å²) < 4.78 is 42.5. The maximum atomic E-state index is 13.5. The van der Waals surface area contributed by atoms with E-state index in [0.29, 0.717) is 12.8 Å². The fourth-order valence-corrected chi connectivity index (χ4v) is 4.12. The first kappa shape index (κ1) is 25.2. The van der Waals surface area contributed by atoms with Crippen molar-refractivity contribution in [2.24, 2.45) is 12.8 Å². The Hall–Kier alpha value is -3.89. The molecule has 0 radical (unpaired) electrons. The molecule has 0 saturated heterocycles. The molecular weight excluding hydrogens is 501 g/mol. The summed E-state index contributed by atoms with van der Waals surface area (Å²) in [6, 6.07) is 6.11. The quantitative estimate of drug-likeness (QED) is 0.456. The SMILES string of the molecule is Cn1c(-c2cn(CC#N)nc2C(F)(F)F)cnc1C(=O)Nc1ccc(C(=O)N[C@H]2C[C@@H](N)C2)c(Cl)c1. The lowest BCUT2D eigenvalue weighted by molar-refractivity contribution is -0.141. The van der Waals surface area contributed by atoms with Crippen LogP contribution in [0.5, 0.6) is 0 Å². The largest absolute Gasteiger partial charge is 0.435 e. The average Bonchev–Trinajstić information content (AvgIpc) is 3.36. The summed E-state index contributed by atoms with van der Waals surface area (Å²) in [7, 11) is 1.38. The van der Waals surface area contributed by atoms with E-state index in [2.05, 4.69) is 20.7 Å². The Balaban J connectivity index is 1.52. The van der Waals surface area contributed by atoms with E-state index in [1.54, 1.807) is 6.07 Å². The second kappa shape index (κ2) is 9.63. The van der Waals surface area contributed by atoms with Crippen molar-refractivity contribution in [2.45, 2.75) is 37.6 Å². The van der Waals surface area contributed by atoms with Crippen molar-refractivity contribution in [1.29, 1.82) is 5.26 Å². The molecule has 10 nitrogen and oxygen atoms in total. The summed E-state index contributed by atoms with van der Waals surface area (Å²) in [5.74, 6) is -1.25. The number of amides is 2. The number of benzene rings is 1. The van der Waals surface area contributed by atoms with E-state index in [-0.39, 0.29) is 57.9 Å². The fourth-order valence-electron chi connectivity index (χ4n) is 3.85. The molecule has 4 rings (SSSR count). The standard InChI is InChI=1S/C22H20ClF3N8O2/c1-33-17(15-10-34(5-4-27)32-18(15)22(24,25)26)9-29-19(33)21(36)30-12-2-3-14(16(23)8-12)20(35)31-13-6-11(28)7-13/h2-3,8-11,13H,5-7,28H2,1H3,(H,30,36)(H,31,35)/t11-,13+. The Bertz CT molecular complexity index is 1370. The Kier molecular flexibility index (Phi) is 6.75. The number of halogens is 4. The number of aromatic nitrogens is 4. The van der Waals surface area contributed by atoms with Gasteiger partial charge in [-0.3, -0.25) is 14.3 Å². The van der Waals surface area contributed by atoms with Gasteiger partial charge in [0.15, 0.2) is 11.5 Å². The summed E-state index contributed by atoms with van der Waals surface area (Å²) in [5, 5.41) is 17.7. The second-order valence-corrected chi connectivity index (χ2v) is 8.73. The van der Waals surface area contributed by atoms with E-state index in [1.165, 1.54) is 29.8 Å². The highest BCUT2D eigenvalue weighted by Gasteiger charge is 2.38. The van der Waals surface area contributed by atoms with E-state index in [0.717, 1.165) is 17.1 Å². The van der Waals surface area contributed by atoms with Crippen LogP contribution in [0.25, 0.3) is 11.3 Å². The molecule has 0 spiro atoms. The third kappa shape index (κ3) is 5.05. The molecular formula is C22H20ClF3N8O2. The first-order valence-corrected chi connectivity index (χ1v) is 11.1. The number of nitrogens with two attached hydrogens (primary N) is 1. The van der Waals surface area contributed by atoms with Crippen LogP contribution in [-0.4, -0.2) is 43.2 Å². The van der Waals surface area contributed by atoms with Crippen molar-refractivity contribution < 1.29 is 22.8 Å². The zero-order valence-corrected chi connectivity index (χ0v) is 19.6. The Morgan fingerprint density at radius 3 is 2.64 bits per heavy atom.